The number of piperazine rings is 1. The summed E-state index contributed by atoms with van der Waals surface area (Å²) in [6, 6.07) is 15.3. The van der Waals surface area contributed by atoms with E-state index in [1.54, 1.807) is 12.1 Å². The Balaban J connectivity index is 0.000000532. The molecule has 2 heterocycles. The molecule has 0 bridgehead atoms. The third-order valence-electron chi connectivity index (χ3n) is 6.35. The normalized spacial score (nSPS) is 13.8. The van der Waals surface area contributed by atoms with Crippen LogP contribution < -0.4 is 0 Å². The molecule has 1 aliphatic heterocycles. The first-order valence-electron chi connectivity index (χ1n) is 11.9. The van der Waals surface area contributed by atoms with Gasteiger partial charge in [-0.15, -0.1) is 0 Å². The van der Waals surface area contributed by atoms with Crippen LogP contribution in [-0.2, 0) is 11.2 Å². The zero-order valence-electron chi connectivity index (χ0n) is 21.6. The highest BCUT2D eigenvalue weighted by Crippen LogP contribution is 2.25. The summed E-state index contributed by atoms with van der Waals surface area (Å²) in [6.45, 7) is 7.35. The zero-order valence-corrected chi connectivity index (χ0v) is 22.3. The molecule has 4 rings (SSSR count). The van der Waals surface area contributed by atoms with Crippen LogP contribution in [0.2, 0.25) is 5.02 Å². The number of aryl methyl sites for hydroxylation is 1. The number of hydrogen-bond donors (Lipinski definition) is 1. The number of aromatic nitrogens is 2. The number of nitriles is 1. The topological polar surface area (TPSA) is 102 Å². The Morgan fingerprint density at radius 3 is 2.31 bits per heavy atom. The molecule has 8 nitrogen and oxygen atoms in total. The zero-order chi connectivity index (χ0) is 28.9. The fourth-order valence-electron chi connectivity index (χ4n) is 4.12. The number of carboxylic acids is 1. The Labute approximate surface area is 228 Å². The van der Waals surface area contributed by atoms with Gasteiger partial charge in [-0.2, -0.15) is 23.5 Å². The largest absolute Gasteiger partial charge is 0.490 e. The Morgan fingerprint density at radius 2 is 1.74 bits per heavy atom. The van der Waals surface area contributed by atoms with Crippen LogP contribution in [-0.4, -0.2) is 76.0 Å². The van der Waals surface area contributed by atoms with Crippen LogP contribution in [0.1, 0.15) is 38.4 Å². The lowest BCUT2D eigenvalue weighted by Crippen LogP contribution is -2.47. The summed E-state index contributed by atoms with van der Waals surface area (Å²) in [7, 11) is 2.08. The highest BCUT2D eigenvalue weighted by molar-refractivity contribution is 6.31. The minimum atomic E-state index is -5.08. The predicted molar refractivity (Wildman–Crippen MR) is 139 cm³/mol. The van der Waals surface area contributed by atoms with Gasteiger partial charge >= 0.3 is 12.1 Å². The number of nitrogens with zero attached hydrogens (tertiary/aromatic N) is 5. The van der Waals surface area contributed by atoms with Crippen LogP contribution in [0.15, 0.2) is 42.5 Å². The number of halogens is 4. The molecule has 2 aromatic carbocycles. The van der Waals surface area contributed by atoms with E-state index in [4.69, 9.17) is 31.9 Å². The minimum absolute atomic E-state index is 0.0938. The second-order valence-corrected chi connectivity index (χ2v) is 9.52. The number of benzene rings is 2. The number of carboxylic acid groups (broad SMARTS) is 1. The number of carbonyl (C=O) groups is 2. The molecule has 1 aromatic heterocycles. The number of alkyl halides is 3. The summed E-state index contributed by atoms with van der Waals surface area (Å²) < 4.78 is 33.6. The molecule has 1 amide bonds. The second-order valence-electron chi connectivity index (χ2n) is 9.11. The van der Waals surface area contributed by atoms with Crippen molar-refractivity contribution >= 4 is 23.5 Å². The van der Waals surface area contributed by atoms with Gasteiger partial charge in [0, 0.05) is 49.4 Å². The van der Waals surface area contributed by atoms with Gasteiger partial charge in [-0.1, -0.05) is 23.7 Å². The number of rotatable bonds is 4. The van der Waals surface area contributed by atoms with E-state index in [1.807, 2.05) is 47.7 Å². The van der Waals surface area contributed by atoms with Crippen molar-refractivity contribution in [1.29, 1.82) is 5.26 Å². The number of amides is 1. The maximum Gasteiger partial charge on any atom is 0.490 e. The molecule has 0 atom stereocenters. The molecule has 0 unspecified atom stereocenters. The molecule has 0 aliphatic carbocycles. The summed E-state index contributed by atoms with van der Waals surface area (Å²) in [4.78, 5) is 26.0. The summed E-state index contributed by atoms with van der Waals surface area (Å²) in [6.07, 6.45) is -4.40. The number of carbonyl (C=O) groups excluding carboxylic acids is 1. The standard InChI is InChI=1S/C25H26ClN5O.C2HF3O2/c1-17-23(18(2)31(28-17)22-8-7-21(16-27)24(26)15-22)14-19-5-4-6-20(13-19)25(32)30-11-9-29(3)10-12-30;3-2(4,5)1(6)7/h4-8,13,15H,9-12,14H2,1-3H3;(H,6,7). The first kappa shape index (κ1) is 29.7. The Morgan fingerprint density at radius 1 is 1.10 bits per heavy atom. The molecule has 39 heavy (non-hydrogen) atoms. The molecule has 1 saturated heterocycles. The summed E-state index contributed by atoms with van der Waals surface area (Å²) >= 11 is 6.23. The Hall–Kier alpha value is -3.88. The van der Waals surface area contributed by atoms with Crippen molar-refractivity contribution in [1.82, 2.24) is 19.6 Å². The van der Waals surface area contributed by atoms with Gasteiger partial charge in [0.25, 0.3) is 5.91 Å². The molecule has 3 aromatic rings. The molecule has 206 valence electrons. The fourth-order valence-corrected chi connectivity index (χ4v) is 4.34. The van der Waals surface area contributed by atoms with E-state index in [0.717, 1.165) is 59.9 Å². The lowest BCUT2D eigenvalue weighted by atomic mass is 10.0. The summed E-state index contributed by atoms with van der Waals surface area (Å²) in [5.74, 6) is -2.66. The van der Waals surface area contributed by atoms with Crippen LogP contribution in [0.4, 0.5) is 13.2 Å². The maximum absolute atomic E-state index is 13.0. The molecule has 0 radical (unpaired) electrons. The van der Waals surface area contributed by atoms with Gasteiger partial charge in [0.05, 0.1) is 22.0 Å². The number of hydrogen-bond acceptors (Lipinski definition) is 5. The average Bonchev–Trinajstić information content (AvgIpc) is 3.17. The molecular formula is C27H27ClF3N5O3. The van der Waals surface area contributed by atoms with Crippen LogP contribution in [0.3, 0.4) is 0 Å². The Kier molecular flexibility index (Phi) is 9.37. The first-order valence-corrected chi connectivity index (χ1v) is 12.3. The summed E-state index contributed by atoms with van der Waals surface area (Å²) in [5.41, 5.74) is 6.13. The van der Waals surface area contributed by atoms with E-state index in [-0.39, 0.29) is 5.91 Å². The van der Waals surface area contributed by atoms with Gasteiger partial charge in [-0.05, 0) is 56.8 Å². The van der Waals surface area contributed by atoms with Crippen molar-refractivity contribution in [2.24, 2.45) is 0 Å². The van der Waals surface area contributed by atoms with Crippen molar-refractivity contribution in [3.05, 3.63) is 81.1 Å². The van der Waals surface area contributed by atoms with E-state index in [1.165, 1.54) is 0 Å². The first-order chi connectivity index (χ1) is 18.3. The van der Waals surface area contributed by atoms with Crippen molar-refractivity contribution in [2.75, 3.05) is 33.2 Å². The van der Waals surface area contributed by atoms with Gasteiger partial charge in [0.2, 0.25) is 0 Å². The van der Waals surface area contributed by atoms with E-state index in [9.17, 15) is 18.0 Å². The monoisotopic (exact) mass is 561 g/mol. The van der Waals surface area contributed by atoms with Crippen LogP contribution in [0.5, 0.6) is 0 Å². The third-order valence-corrected chi connectivity index (χ3v) is 6.66. The summed E-state index contributed by atoms with van der Waals surface area (Å²) in [5, 5.41) is 21.4. The highest BCUT2D eigenvalue weighted by atomic mass is 35.5. The van der Waals surface area contributed by atoms with Gasteiger partial charge in [0.15, 0.2) is 0 Å². The average molecular weight is 562 g/mol. The van der Waals surface area contributed by atoms with E-state index in [0.29, 0.717) is 17.0 Å². The van der Waals surface area contributed by atoms with Gasteiger partial charge in [-0.25, -0.2) is 9.48 Å². The molecule has 0 saturated carbocycles. The lowest BCUT2D eigenvalue weighted by molar-refractivity contribution is -0.192. The molecular weight excluding hydrogens is 535 g/mol. The highest BCUT2D eigenvalue weighted by Gasteiger charge is 2.38. The van der Waals surface area contributed by atoms with E-state index in [2.05, 4.69) is 24.1 Å². The quantitative estimate of drug-likeness (QED) is 0.498. The van der Waals surface area contributed by atoms with Gasteiger partial charge < -0.3 is 14.9 Å². The number of likely N-dealkylation sites (N-methyl/N-ethyl adjacent to an activating group) is 1. The van der Waals surface area contributed by atoms with Gasteiger partial charge in [-0.3, -0.25) is 4.79 Å². The van der Waals surface area contributed by atoms with Crippen molar-refractivity contribution in [2.45, 2.75) is 26.4 Å². The molecule has 1 aliphatic rings. The third kappa shape index (κ3) is 7.37. The van der Waals surface area contributed by atoms with Crippen LogP contribution >= 0.6 is 11.6 Å². The van der Waals surface area contributed by atoms with Crippen molar-refractivity contribution < 1.29 is 27.9 Å². The van der Waals surface area contributed by atoms with E-state index < -0.39 is 12.1 Å². The SMILES string of the molecule is Cc1nn(-c2ccc(C#N)c(Cl)c2)c(C)c1Cc1cccc(C(=O)N2CCN(C)CC2)c1.O=C(O)C(F)(F)F. The lowest BCUT2D eigenvalue weighted by Gasteiger charge is -2.32. The van der Waals surface area contributed by atoms with E-state index >= 15 is 0 Å². The van der Waals surface area contributed by atoms with Crippen LogP contribution in [0.25, 0.3) is 5.69 Å². The number of aliphatic carboxylic acids is 1. The fraction of sp³-hybridized carbons (Fsp3) is 0.333. The maximum atomic E-state index is 13.0. The smallest absolute Gasteiger partial charge is 0.475 e. The minimum Gasteiger partial charge on any atom is -0.475 e. The van der Waals surface area contributed by atoms with Crippen molar-refractivity contribution in [3.63, 3.8) is 0 Å². The molecule has 1 N–H and O–H groups in total. The second kappa shape index (κ2) is 12.3. The van der Waals surface area contributed by atoms with Crippen molar-refractivity contribution in [3.8, 4) is 11.8 Å². The van der Waals surface area contributed by atoms with Crippen LogP contribution in [0, 0.1) is 25.2 Å². The van der Waals surface area contributed by atoms with Gasteiger partial charge in [0.1, 0.15) is 6.07 Å². The predicted octanol–water partition coefficient (Wildman–Crippen LogP) is 4.63. The Bertz CT molecular complexity index is 1410. The molecule has 0 spiro atoms. The molecule has 12 heteroatoms. The molecule has 1 fully saturated rings.